The first-order chi connectivity index (χ1) is 26.5. The molecular weight excluding hydrogens is 864 g/mol. The van der Waals surface area contributed by atoms with Gasteiger partial charge in [0.15, 0.2) is 6.61 Å². The zero-order chi connectivity index (χ0) is 45.2. The molecule has 1 atom stereocenters. The van der Waals surface area contributed by atoms with E-state index in [9.17, 15) is 51.9 Å². The second-order valence-corrected chi connectivity index (χ2v) is 17.6. The number of hydrogen-bond acceptors (Lipinski definition) is 16. The molecule has 0 spiro atoms. The molecular formula is C32H43ClF3N6O13PS2. The van der Waals surface area contributed by atoms with Gasteiger partial charge in [-0.2, -0.15) is 17.8 Å². The van der Waals surface area contributed by atoms with Crippen molar-refractivity contribution in [3.63, 3.8) is 0 Å². The number of benzene rings is 2. The summed E-state index contributed by atoms with van der Waals surface area (Å²) in [5.74, 6) is 2.04. The Labute approximate surface area is 342 Å². The molecule has 0 radical (unpaired) electrons. The number of alkyl halides is 3. The van der Waals surface area contributed by atoms with Gasteiger partial charge in [0.2, 0.25) is 5.16 Å². The van der Waals surface area contributed by atoms with E-state index in [4.69, 9.17) is 36.9 Å². The molecule has 0 saturated carbocycles. The van der Waals surface area contributed by atoms with Crippen molar-refractivity contribution in [1.29, 1.82) is 0 Å². The number of ether oxygens (including phenoxy) is 3. The monoisotopic (exact) mass is 906 g/mol. The van der Waals surface area contributed by atoms with Crippen LogP contribution in [0.1, 0.15) is 49.3 Å². The van der Waals surface area contributed by atoms with Crippen LogP contribution in [0.15, 0.2) is 46.3 Å². The van der Waals surface area contributed by atoms with Crippen LogP contribution in [0.5, 0.6) is 11.5 Å². The third-order valence-electron chi connectivity index (χ3n) is 5.84. The normalized spacial score (nSPS) is 11.9. The number of halogens is 4. The summed E-state index contributed by atoms with van der Waals surface area (Å²) in [7, 11) is -3.71. The summed E-state index contributed by atoms with van der Waals surface area (Å²) in [5.41, 5.74) is -2.39. The average Bonchev–Trinajstić information content (AvgIpc) is 3.08. The van der Waals surface area contributed by atoms with Crippen LogP contribution >= 0.6 is 31.0 Å². The molecule has 0 bridgehead atoms. The van der Waals surface area contributed by atoms with E-state index < -0.39 is 72.9 Å². The predicted molar refractivity (Wildman–Crippen MR) is 209 cm³/mol. The molecule has 1 unspecified atom stereocenters. The summed E-state index contributed by atoms with van der Waals surface area (Å²) in [5, 5.41) is 29.0. The smallest absolute Gasteiger partial charge is 0.416 e. The number of carbonyl (C=O) groups is 3. The lowest BCUT2D eigenvalue weighted by molar-refractivity contribution is -0.385. The summed E-state index contributed by atoms with van der Waals surface area (Å²) in [4.78, 5) is 73.2. The summed E-state index contributed by atoms with van der Waals surface area (Å²) >= 11 is 7.10. The van der Waals surface area contributed by atoms with Gasteiger partial charge in [0.1, 0.15) is 30.4 Å². The molecule has 58 heavy (non-hydrogen) atoms. The Bertz CT molecular complexity index is 1980. The maximum Gasteiger partial charge on any atom is 0.416 e. The van der Waals surface area contributed by atoms with Crippen LogP contribution < -0.4 is 26.3 Å². The number of nitrogens with zero attached hydrogens (tertiary/aromatic N) is 4. The van der Waals surface area contributed by atoms with Crippen molar-refractivity contribution in [3.05, 3.63) is 78.7 Å². The number of nitrogens with two attached hydrogens (primary N) is 1. The van der Waals surface area contributed by atoms with Gasteiger partial charge in [-0.1, -0.05) is 44.1 Å². The number of rotatable bonds is 12. The lowest BCUT2D eigenvalue weighted by atomic mass is 9.93. The minimum atomic E-state index is -4.61. The fourth-order valence-corrected chi connectivity index (χ4v) is 4.51. The molecule has 3 rings (SSSR count). The number of nitro groups is 1. The summed E-state index contributed by atoms with van der Waals surface area (Å²) in [6, 6.07) is 5.35. The van der Waals surface area contributed by atoms with Crippen LogP contribution in [-0.4, -0.2) is 98.8 Å². The molecule has 26 heteroatoms. The molecule has 0 aliphatic rings. The molecule has 19 nitrogen and oxygen atoms in total. The van der Waals surface area contributed by atoms with Crippen LogP contribution in [0, 0.1) is 10.1 Å². The number of nitro benzene ring substituents is 1. The Morgan fingerprint density at radius 3 is 2.14 bits per heavy atom. The summed E-state index contributed by atoms with van der Waals surface area (Å²) in [6.45, 7) is 6.05. The van der Waals surface area contributed by atoms with E-state index in [2.05, 4.69) is 33.7 Å². The Hall–Kier alpha value is -4.45. The number of thioether (sulfide) groups is 1. The number of aliphatic carboxylic acids is 1. The largest absolute Gasteiger partial charge is 0.778 e. The summed E-state index contributed by atoms with van der Waals surface area (Å²) in [6.07, 6.45) is 3.06. The molecule has 5 N–H and O–H groups in total. The van der Waals surface area contributed by atoms with Crippen LogP contribution in [0.3, 0.4) is 0 Å². The highest BCUT2D eigenvalue weighted by molar-refractivity contribution is 7.98. The van der Waals surface area contributed by atoms with Crippen molar-refractivity contribution in [2.75, 3.05) is 56.9 Å². The van der Waals surface area contributed by atoms with E-state index in [0.29, 0.717) is 27.8 Å². The lowest BCUT2D eigenvalue weighted by Gasteiger charge is -2.16. The fraction of sp³-hybridized carbons (Fsp3) is 0.438. The Kier molecular flexibility index (Phi) is 22.6. The van der Waals surface area contributed by atoms with Crippen molar-refractivity contribution >= 4 is 65.4 Å². The van der Waals surface area contributed by atoms with Gasteiger partial charge in [-0.3, -0.25) is 25.0 Å². The van der Waals surface area contributed by atoms with Gasteiger partial charge in [-0.25, -0.2) is 9.59 Å². The van der Waals surface area contributed by atoms with E-state index in [1.165, 1.54) is 18.7 Å². The standard InChI is InChI=1S/C18H13ClF3NO7.C8H14N4OS.C3H8NO5P.C3H9S/c1-2-28-16(24)9-29-17(25)12-8-11(4-5-14(12)23(26)27)30-15-6-3-10(7-13(15)19)18(20,21)22;1-8(2,3)5-6(13)12(9)7(14-4)11-10-5;5-3(6)1-4-2-10(7,8)9;1-4(2)3/h3-8H,2,9H2,1H3;9H2,1-4H3;4H,1-2H2,(H,5,6)(H2,7,8,9);1-3H3/q;;;+1/p-1. The molecule has 0 amide bonds. The predicted octanol–water partition coefficient (Wildman–Crippen LogP) is 3.81. The van der Waals surface area contributed by atoms with E-state index in [1.807, 2.05) is 26.1 Å². The molecule has 2 aromatic carbocycles. The molecule has 0 fully saturated rings. The minimum absolute atomic E-state index is 0.0493. The topological polar surface area (TPSA) is 288 Å². The maximum absolute atomic E-state index is 12.7. The first-order valence-corrected chi connectivity index (χ1v) is 21.8. The van der Waals surface area contributed by atoms with E-state index in [1.54, 1.807) is 6.26 Å². The van der Waals surface area contributed by atoms with Crippen LogP contribution in [0.4, 0.5) is 18.9 Å². The zero-order valence-electron chi connectivity index (χ0n) is 32.3. The van der Waals surface area contributed by atoms with Crippen LogP contribution in [-0.2, 0) is 46.1 Å². The van der Waals surface area contributed by atoms with Gasteiger partial charge in [0, 0.05) is 17.5 Å². The first-order valence-electron chi connectivity index (χ1n) is 15.9. The molecule has 3 aromatic rings. The van der Waals surface area contributed by atoms with Crippen molar-refractivity contribution in [2.45, 2.75) is 44.4 Å². The fourth-order valence-electron chi connectivity index (χ4n) is 3.49. The second-order valence-electron chi connectivity index (χ2n) is 12.4. The molecule has 324 valence electrons. The van der Waals surface area contributed by atoms with E-state index >= 15 is 0 Å². The van der Waals surface area contributed by atoms with Crippen LogP contribution in [0.2, 0.25) is 5.02 Å². The number of carboxylic acid groups (broad SMARTS) is 1. The van der Waals surface area contributed by atoms with Gasteiger partial charge < -0.3 is 39.5 Å². The van der Waals surface area contributed by atoms with Gasteiger partial charge in [-0.05, 0) is 48.3 Å². The molecule has 0 aliphatic heterocycles. The molecule has 0 aliphatic carbocycles. The van der Waals surface area contributed by atoms with Crippen molar-refractivity contribution in [2.24, 2.45) is 0 Å². The maximum atomic E-state index is 12.7. The number of carboxylic acids is 1. The Morgan fingerprint density at radius 2 is 1.69 bits per heavy atom. The van der Waals surface area contributed by atoms with Gasteiger partial charge >= 0.3 is 24.1 Å². The lowest BCUT2D eigenvalue weighted by Crippen LogP contribution is -2.37. The number of nitrogens with one attached hydrogen (secondary N) is 1. The van der Waals surface area contributed by atoms with Crippen molar-refractivity contribution in [3.8, 4) is 11.5 Å². The average molecular weight is 907 g/mol. The third kappa shape index (κ3) is 20.8. The second kappa shape index (κ2) is 24.5. The Balaban J connectivity index is 0.000000951. The van der Waals surface area contributed by atoms with Crippen molar-refractivity contribution < 1.29 is 66.1 Å². The SMILES string of the molecule is CCOC(=O)COC(=O)c1cc(Oc2ccc(C(F)(F)F)cc2Cl)ccc1[N+](=O)[O-].CSc1nnc(C(C)(C)C)c(=O)n1N.C[S+](C)C.O=C(O)CNCP(=O)([O-])O. The van der Waals surface area contributed by atoms with Crippen LogP contribution in [0.25, 0.3) is 0 Å². The quantitative estimate of drug-likeness (QED) is 0.0382. The van der Waals surface area contributed by atoms with Gasteiger partial charge in [0.05, 0.1) is 53.7 Å². The Morgan fingerprint density at radius 1 is 1.10 bits per heavy atom. The van der Waals surface area contributed by atoms with E-state index in [-0.39, 0.29) is 34.1 Å². The minimum Gasteiger partial charge on any atom is -0.778 e. The molecule has 1 heterocycles. The highest BCUT2D eigenvalue weighted by Gasteiger charge is 2.31. The molecule has 1 aromatic heterocycles. The summed E-state index contributed by atoms with van der Waals surface area (Å²) < 4.78 is 63.8. The number of nitrogen functional groups attached to an aromatic ring is 1. The highest BCUT2D eigenvalue weighted by Crippen LogP contribution is 2.37. The number of hydrogen-bond donors (Lipinski definition) is 4. The molecule has 0 saturated heterocycles. The zero-order valence-corrected chi connectivity index (χ0v) is 35.6. The van der Waals surface area contributed by atoms with Crippen molar-refractivity contribution in [1.82, 2.24) is 20.2 Å². The van der Waals surface area contributed by atoms with Gasteiger partial charge in [0.25, 0.3) is 11.2 Å². The first kappa shape index (κ1) is 53.6. The number of aromatic nitrogens is 3. The van der Waals surface area contributed by atoms with E-state index in [0.717, 1.165) is 35.0 Å². The highest BCUT2D eigenvalue weighted by atomic mass is 35.5. The third-order valence-corrected chi connectivity index (χ3v) is 7.40. The van der Waals surface area contributed by atoms with Gasteiger partial charge in [-0.15, -0.1) is 10.2 Å². The number of esters is 2. The number of carbonyl (C=O) groups excluding carboxylic acids is 2.